The van der Waals surface area contributed by atoms with Crippen molar-refractivity contribution in [1.82, 2.24) is 0 Å². The number of rotatable bonds is 7. The molecule has 0 amide bonds. The topological polar surface area (TPSA) is 29.5 Å². The second-order valence-electron chi connectivity index (χ2n) is 3.79. The van der Waals surface area contributed by atoms with Crippen molar-refractivity contribution in [2.75, 3.05) is 0 Å². The summed E-state index contributed by atoms with van der Waals surface area (Å²) in [6.07, 6.45) is 0.899. The molecule has 0 radical (unpaired) electrons. The first kappa shape index (κ1) is 13.9. The number of aliphatic hydroxyl groups excluding tert-OH is 1. The minimum absolute atomic E-state index is 0.112. The van der Waals surface area contributed by atoms with E-state index in [9.17, 15) is 5.11 Å². The first-order valence-corrected chi connectivity index (χ1v) is 8.06. The fraction of sp³-hybridized carbons (Fsp3) is 0.818. The second kappa shape index (κ2) is 6.38. The molecule has 2 nitrogen and oxygen atoms in total. The van der Waals surface area contributed by atoms with Gasteiger partial charge in [-0.3, -0.25) is 0 Å². The molecule has 84 valence electrons. The van der Waals surface area contributed by atoms with Gasteiger partial charge in [-0.2, -0.15) is 0 Å². The summed E-state index contributed by atoms with van der Waals surface area (Å²) in [6.45, 7) is 12.1. The van der Waals surface area contributed by atoms with E-state index in [1.54, 1.807) is 6.08 Å². The van der Waals surface area contributed by atoms with Gasteiger partial charge in [0.05, 0.1) is 12.2 Å². The summed E-state index contributed by atoms with van der Waals surface area (Å²) < 4.78 is 6.06. The van der Waals surface area contributed by atoms with Gasteiger partial charge in [0, 0.05) is 0 Å². The highest BCUT2D eigenvalue weighted by atomic mass is 28.4. The average Bonchev–Trinajstić information content (AvgIpc) is 2.24. The standard InChI is InChI=1S/C11H24O2Si/c1-6-11(12)10(5)13-14(7-2,8-3)9-4/h6,10-12H,1,7-9H2,2-5H3/t10-,11+/m1/s1. The molecule has 0 heterocycles. The van der Waals surface area contributed by atoms with E-state index in [2.05, 4.69) is 27.4 Å². The van der Waals surface area contributed by atoms with Crippen molar-refractivity contribution in [2.24, 2.45) is 0 Å². The Bertz CT molecular complexity index is 158. The normalized spacial score (nSPS) is 16.4. The Morgan fingerprint density at radius 3 is 2.00 bits per heavy atom. The van der Waals surface area contributed by atoms with E-state index >= 15 is 0 Å². The second-order valence-corrected chi connectivity index (χ2v) is 8.52. The van der Waals surface area contributed by atoms with Crippen LogP contribution in [0, 0.1) is 0 Å². The van der Waals surface area contributed by atoms with E-state index in [-0.39, 0.29) is 6.10 Å². The summed E-state index contributed by atoms with van der Waals surface area (Å²) in [5.74, 6) is 0. The quantitative estimate of drug-likeness (QED) is 0.524. The largest absolute Gasteiger partial charge is 0.411 e. The van der Waals surface area contributed by atoms with Gasteiger partial charge in [0.25, 0.3) is 0 Å². The van der Waals surface area contributed by atoms with Crippen molar-refractivity contribution < 1.29 is 9.53 Å². The Kier molecular flexibility index (Phi) is 6.32. The van der Waals surface area contributed by atoms with E-state index in [1.165, 1.54) is 0 Å². The van der Waals surface area contributed by atoms with E-state index in [0.717, 1.165) is 18.1 Å². The maximum atomic E-state index is 9.56. The van der Waals surface area contributed by atoms with Gasteiger partial charge in [0.1, 0.15) is 0 Å². The van der Waals surface area contributed by atoms with E-state index in [1.807, 2.05) is 6.92 Å². The molecule has 0 aromatic heterocycles. The van der Waals surface area contributed by atoms with Crippen LogP contribution in [0.5, 0.6) is 0 Å². The molecule has 14 heavy (non-hydrogen) atoms. The fourth-order valence-electron chi connectivity index (χ4n) is 1.66. The van der Waals surface area contributed by atoms with Gasteiger partial charge in [-0.05, 0) is 25.1 Å². The highest BCUT2D eigenvalue weighted by Gasteiger charge is 2.31. The van der Waals surface area contributed by atoms with Crippen LogP contribution in [-0.4, -0.2) is 25.6 Å². The van der Waals surface area contributed by atoms with Crippen molar-refractivity contribution in [3.8, 4) is 0 Å². The number of aliphatic hydroxyl groups is 1. The molecule has 0 fully saturated rings. The predicted molar refractivity (Wildman–Crippen MR) is 63.9 cm³/mol. The van der Waals surface area contributed by atoms with Crippen molar-refractivity contribution in [2.45, 2.75) is 58.0 Å². The fourth-order valence-corrected chi connectivity index (χ4v) is 4.58. The predicted octanol–water partition coefficient (Wildman–Crippen LogP) is 2.94. The smallest absolute Gasteiger partial charge is 0.192 e. The third-order valence-corrected chi connectivity index (χ3v) is 7.83. The van der Waals surface area contributed by atoms with Crippen LogP contribution in [-0.2, 0) is 4.43 Å². The van der Waals surface area contributed by atoms with Gasteiger partial charge in [-0.25, -0.2) is 0 Å². The molecule has 0 aromatic carbocycles. The SMILES string of the molecule is C=C[C@H](O)[C@@H](C)O[Si](CC)(CC)CC. The van der Waals surface area contributed by atoms with E-state index < -0.39 is 14.4 Å². The van der Waals surface area contributed by atoms with Gasteiger partial charge >= 0.3 is 0 Å². The van der Waals surface area contributed by atoms with Crippen LogP contribution in [0.15, 0.2) is 12.7 Å². The van der Waals surface area contributed by atoms with Crippen LogP contribution in [0.25, 0.3) is 0 Å². The third-order valence-electron chi connectivity index (χ3n) is 3.09. The molecule has 0 aromatic rings. The zero-order valence-electron chi connectivity index (χ0n) is 9.92. The summed E-state index contributed by atoms with van der Waals surface area (Å²) in [4.78, 5) is 0. The van der Waals surface area contributed by atoms with Gasteiger partial charge < -0.3 is 9.53 Å². The minimum Gasteiger partial charge on any atom is -0.411 e. The van der Waals surface area contributed by atoms with Crippen molar-refractivity contribution in [3.63, 3.8) is 0 Å². The van der Waals surface area contributed by atoms with Gasteiger partial charge in [-0.1, -0.05) is 26.8 Å². The first-order valence-electron chi connectivity index (χ1n) is 5.53. The average molecular weight is 216 g/mol. The van der Waals surface area contributed by atoms with Crippen molar-refractivity contribution in [1.29, 1.82) is 0 Å². The molecule has 3 heteroatoms. The molecule has 0 spiro atoms. The molecular formula is C11H24O2Si. The molecule has 0 aliphatic carbocycles. The zero-order valence-corrected chi connectivity index (χ0v) is 10.9. The van der Waals surface area contributed by atoms with E-state index in [4.69, 9.17) is 4.43 Å². The Balaban J connectivity index is 4.35. The summed E-state index contributed by atoms with van der Waals surface area (Å²) in [7, 11) is -1.57. The van der Waals surface area contributed by atoms with Gasteiger partial charge in [0.15, 0.2) is 8.32 Å². The lowest BCUT2D eigenvalue weighted by molar-refractivity contribution is 0.0715. The lowest BCUT2D eigenvalue weighted by Gasteiger charge is -2.32. The maximum absolute atomic E-state index is 9.56. The van der Waals surface area contributed by atoms with Crippen LogP contribution in [0.1, 0.15) is 27.7 Å². The number of hydrogen-bond donors (Lipinski definition) is 1. The minimum atomic E-state index is -1.57. The molecule has 0 rings (SSSR count). The molecule has 0 unspecified atom stereocenters. The van der Waals surface area contributed by atoms with Crippen LogP contribution in [0.3, 0.4) is 0 Å². The summed E-state index contributed by atoms with van der Waals surface area (Å²) in [5, 5.41) is 9.56. The molecule has 2 atom stereocenters. The van der Waals surface area contributed by atoms with Crippen LogP contribution in [0.2, 0.25) is 18.1 Å². The van der Waals surface area contributed by atoms with Gasteiger partial charge in [0.2, 0.25) is 0 Å². The molecule has 0 saturated heterocycles. The molecule has 0 saturated carbocycles. The molecule has 0 bridgehead atoms. The maximum Gasteiger partial charge on any atom is 0.192 e. The van der Waals surface area contributed by atoms with Crippen molar-refractivity contribution in [3.05, 3.63) is 12.7 Å². The first-order chi connectivity index (χ1) is 6.55. The Labute approximate surface area is 89.1 Å². The Hall–Kier alpha value is -0.123. The lowest BCUT2D eigenvalue weighted by Crippen LogP contribution is -2.42. The van der Waals surface area contributed by atoms with Gasteiger partial charge in [-0.15, -0.1) is 6.58 Å². The zero-order chi connectivity index (χ0) is 11.2. The summed E-state index contributed by atoms with van der Waals surface area (Å²) >= 11 is 0. The third kappa shape index (κ3) is 3.56. The Morgan fingerprint density at radius 1 is 1.29 bits per heavy atom. The Morgan fingerprint density at radius 2 is 1.71 bits per heavy atom. The summed E-state index contributed by atoms with van der Waals surface area (Å²) in [6, 6.07) is 3.36. The summed E-state index contributed by atoms with van der Waals surface area (Å²) in [5.41, 5.74) is 0. The molecular weight excluding hydrogens is 192 g/mol. The lowest BCUT2D eigenvalue weighted by atomic mass is 10.2. The molecule has 0 aliphatic heterocycles. The van der Waals surface area contributed by atoms with Crippen LogP contribution < -0.4 is 0 Å². The van der Waals surface area contributed by atoms with Crippen LogP contribution in [0.4, 0.5) is 0 Å². The van der Waals surface area contributed by atoms with Crippen LogP contribution >= 0.6 is 0 Å². The highest BCUT2D eigenvalue weighted by Crippen LogP contribution is 2.24. The number of hydrogen-bond acceptors (Lipinski definition) is 2. The van der Waals surface area contributed by atoms with E-state index in [0.29, 0.717) is 0 Å². The van der Waals surface area contributed by atoms with Crippen molar-refractivity contribution >= 4 is 8.32 Å². The highest BCUT2D eigenvalue weighted by molar-refractivity contribution is 6.73. The molecule has 1 N–H and O–H groups in total. The molecule has 0 aliphatic rings. The monoisotopic (exact) mass is 216 g/mol.